The third-order valence-corrected chi connectivity index (χ3v) is 10.4. The van der Waals surface area contributed by atoms with Crippen LogP contribution in [0.3, 0.4) is 0 Å². The van der Waals surface area contributed by atoms with Gasteiger partial charge in [0.25, 0.3) is 0 Å². The van der Waals surface area contributed by atoms with Crippen LogP contribution >= 0.6 is 0 Å². The molecule has 10 rings (SSSR count). The van der Waals surface area contributed by atoms with E-state index in [-0.39, 0.29) is 0 Å². The number of fused-ring (bicyclic) bond motifs is 7. The summed E-state index contributed by atoms with van der Waals surface area (Å²) in [5.74, 6) is 0. The zero-order chi connectivity index (χ0) is 33.0. The fourth-order valence-electron chi connectivity index (χ4n) is 7.89. The van der Waals surface area contributed by atoms with E-state index in [2.05, 4.69) is 194 Å². The fourth-order valence-corrected chi connectivity index (χ4v) is 7.89. The summed E-state index contributed by atoms with van der Waals surface area (Å²) in [5.41, 5.74) is 9.94. The Hall–Kier alpha value is -6.50. The van der Waals surface area contributed by atoms with Crippen molar-refractivity contribution < 1.29 is 0 Å². The van der Waals surface area contributed by atoms with Crippen LogP contribution in [0, 0.1) is 0 Å². The molecule has 0 nitrogen and oxygen atoms in total. The van der Waals surface area contributed by atoms with Crippen LogP contribution in [0.5, 0.6) is 0 Å². The molecule has 0 aliphatic rings. The Labute approximate surface area is 291 Å². The summed E-state index contributed by atoms with van der Waals surface area (Å²) in [4.78, 5) is 0. The molecular weight excluding hydrogens is 601 g/mol. The highest BCUT2D eigenvalue weighted by Gasteiger charge is 2.13. The van der Waals surface area contributed by atoms with E-state index in [0.29, 0.717) is 0 Å². The van der Waals surface area contributed by atoms with E-state index in [4.69, 9.17) is 0 Å². The van der Waals surface area contributed by atoms with Crippen LogP contribution < -0.4 is 0 Å². The van der Waals surface area contributed by atoms with Crippen LogP contribution in [0.25, 0.3) is 98.4 Å². The Kier molecular flexibility index (Phi) is 6.60. The molecule has 0 amide bonds. The maximum atomic E-state index is 2.36. The number of rotatable bonds is 4. The van der Waals surface area contributed by atoms with Gasteiger partial charge in [0, 0.05) is 0 Å². The van der Waals surface area contributed by atoms with Crippen molar-refractivity contribution >= 4 is 53.9 Å². The zero-order valence-electron chi connectivity index (χ0n) is 27.5. The first-order chi connectivity index (χ1) is 24.8. The van der Waals surface area contributed by atoms with Crippen molar-refractivity contribution in [1.29, 1.82) is 0 Å². The maximum Gasteiger partial charge on any atom is -0.00988 e. The van der Waals surface area contributed by atoms with Crippen LogP contribution in [-0.2, 0) is 0 Å². The van der Waals surface area contributed by atoms with Gasteiger partial charge in [0.05, 0.1) is 0 Å². The van der Waals surface area contributed by atoms with Crippen molar-refractivity contribution in [2.75, 3.05) is 0 Å². The molecule has 0 atom stereocenters. The van der Waals surface area contributed by atoms with Gasteiger partial charge >= 0.3 is 0 Å². The molecule has 0 spiro atoms. The third kappa shape index (κ3) is 4.77. The van der Waals surface area contributed by atoms with Crippen molar-refractivity contribution in [3.05, 3.63) is 194 Å². The van der Waals surface area contributed by atoms with Gasteiger partial charge < -0.3 is 0 Å². The predicted octanol–water partition coefficient (Wildman–Crippen LogP) is 14.1. The second-order valence-electron chi connectivity index (χ2n) is 13.3. The van der Waals surface area contributed by atoms with Crippen molar-refractivity contribution in [2.24, 2.45) is 0 Å². The Bertz CT molecular complexity index is 2900. The Balaban J connectivity index is 1.02. The van der Waals surface area contributed by atoms with Crippen LogP contribution in [-0.4, -0.2) is 0 Å². The van der Waals surface area contributed by atoms with Gasteiger partial charge in [0.2, 0.25) is 0 Å². The molecule has 0 radical (unpaired) electrons. The predicted molar refractivity (Wildman–Crippen MR) is 216 cm³/mol. The number of hydrogen-bond acceptors (Lipinski definition) is 0. The maximum absolute atomic E-state index is 2.36. The molecule has 50 heavy (non-hydrogen) atoms. The molecule has 0 aliphatic heterocycles. The van der Waals surface area contributed by atoms with E-state index in [1.54, 1.807) is 0 Å². The molecule has 0 heterocycles. The summed E-state index contributed by atoms with van der Waals surface area (Å²) in [6.45, 7) is 0. The minimum Gasteiger partial charge on any atom is -0.0622 e. The SMILES string of the molecule is c1ccc(-c2cc3ccccc3cc2-c2ccc3c(ccc4cc(-c5ccc(-c6cc7ccccc7c7ccccc67)cc5)ccc43)c2)cc1. The van der Waals surface area contributed by atoms with Crippen molar-refractivity contribution in [3.8, 4) is 44.5 Å². The van der Waals surface area contributed by atoms with E-state index in [9.17, 15) is 0 Å². The highest BCUT2D eigenvalue weighted by Crippen LogP contribution is 2.39. The smallest absolute Gasteiger partial charge is 0.00988 e. The second kappa shape index (κ2) is 11.6. The summed E-state index contributed by atoms with van der Waals surface area (Å²) >= 11 is 0. The highest BCUT2D eigenvalue weighted by molar-refractivity contribution is 6.14. The van der Waals surface area contributed by atoms with Gasteiger partial charge in [-0.2, -0.15) is 0 Å². The van der Waals surface area contributed by atoms with E-state index >= 15 is 0 Å². The first kappa shape index (κ1) is 28.5. The largest absolute Gasteiger partial charge is 0.0622 e. The minimum atomic E-state index is 1.22. The third-order valence-electron chi connectivity index (χ3n) is 10.4. The lowest BCUT2D eigenvalue weighted by Crippen LogP contribution is -1.88. The highest BCUT2D eigenvalue weighted by atomic mass is 14.2. The lowest BCUT2D eigenvalue weighted by molar-refractivity contribution is 1.62. The van der Waals surface area contributed by atoms with Crippen LogP contribution in [0.2, 0.25) is 0 Å². The van der Waals surface area contributed by atoms with Gasteiger partial charge in [-0.15, -0.1) is 0 Å². The van der Waals surface area contributed by atoms with E-state index in [0.717, 1.165) is 0 Å². The molecular formula is C50H32. The Morgan fingerprint density at radius 1 is 0.180 bits per heavy atom. The normalized spacial score (nSPS) is 11.6. The zero-order valence-corrected chi connectivity index (χ0v) is 27.5. The molecule has 0 aliphatic carbocycles. The average molecular weight is 633 g/mol. The van der Waals surface area contributed by atoms with Gasteiger partial charge in [-0.05, 0) is 129 Å². The molecule has 0 aromatic heterocycles. The number of hydrogen-bond donors (Lipinski definition) is 0. The fraction of sp³-hybridized carbons (Fsp3) is 0. The molecule has 0 bridgehead atoms. The molecule has 0 saturated carbocycles. The summed E-state index contributed by atoms with van der Waals surface area (Å²) in [6.07, 6.45) is 0. The molecule has 0 saturated heterocycles. The van der Waals surface area contributed by atoms with Gasteiger partial charge in [-0.1, -0.05) is 164 Å². The second-order valence-corrected chi connectivity index (χ2v) is 13.3. The molecule has 232 valence electrons. The Morgan fingerprint density at radius 3 is 1.30 bits per heavy atom. The monoisotopic (exact) mass is 632 g/mol. The van der Waals surface area contributed by atoms with E-state index in [1.165, 1.54) is 98.4 Å². The lowest BCUT2D eigenvalue weighted by Gasteiger charge is -2.14. The van der Waals surface area contributed by atoms with E-state index < -0.39 is 0 Å². The molecule has 0 heteroatoms. The molecule has 0 N–H and O–H groups in total. The quantitative estimate of drug-likeness (QED) is 0.169. The lowest BCUT2D eigenvalue weighted by atomic mass is 9.89. The topological polar surface area (TPSA) is 0 Å². The molecule has 10 aromatic rings. The summed E-state index contributed by atoms with van der Waals surface area (Å²) in [6, 6.07) is 71.3. The van der Waals surface area contributed by atoms with Gasteiger partial charge in [-0.25, -0.2) is 0 Å². The van der Waals surface area contributed by atoms with Crippen LogP contribution in [0.1, 0.15) is 0 Å². The van der Waals surface area contributed by atoms with Gasteiger partial charge in [0.1, 0.15) is 0 Å². The summed E-state index contributed by atoms with van der Waals surface area (Å²) in [5, 5.41) is 12.7. The van der Waals surface area contributed by atoms with Crippen molar-refractivity contribution in [3.63, 3.8) is 0 Å². The van der Waals surface area contributed by atoms with Gasteiger partial charge in [0.15, 0.2) is 0 Å². The molecule has 10 aromatic carbocycles. The number of benzene rings is 10. The van der Waals surface area contributed by atoms with Crippen molar-refractivity contribution in [2.45, 2.75) is 0 Å². The standard InChI is InChI=1S/C50H32/c1-2-10-34(11-3-1)49-30-36-12-4-5-13-37(36)31-50(49)42-25-27-45-41(29-42)23-22-40-28-38(24-26-44(40)45)33-18-20-35(21-19-33)48-32-39-14-6-7-15-43(39)46-16-8-9-17-47(46)48/h1-32H. The first-order valence-corrected chi connectivity index (χ1v) is 17.3. The van der Waals surface area contributed by atoms with E-state index in [1.807, 2.05) is 0 Å². The van der Waals surface area contributed by atoms with Crippen LogP contribution in [0.4, 0.5) is 0 Å². The molecule has 0 fully saturated rings. The molecule has 0 unspecified atom stereocenters. The summed E-state index contributed by atoms with van der Waals surface area (Å²) in [7, 11) is 0. The van der Waals surface area contributed by atoms with Gasteiger partial charge in [-0.3, -0.25) is 0 Å². The minimum absolute atomic E-state index is 1.22. The van der Waals surface area contributed by atoms with Crippen LogP contribution in [0.15, 0.2) is 194 Å². The first-order valence-electron chi connectivity index (χ1n) is 17.3. The average Bonchev–Trinajstić information content (AvgIpc) is 3.20. The van der Waals surface area contributed by atoms with Crippen molar-refractivity contribution in [1.82, 2.24) is 0 Å². The Morgan fingerprint density at radius 2 is 0.600 bits per heavy atom. The summed E-state index contributed by atoms with van der Waals surface area (Å²) < 4.78 is 0.